The van der Waals surface area contributed by atoms with E-state index >= 15 is 0 Å². The van der Waals surface area contributed by atoms with Gasteiger partial charge in [0, 0.05) is 35.8 Å². The van der Waals surface area contributed by atoms with Crippen LogP contribution in [0.5, 0.6) is 0 Å². The number of hydrogen-bond donors (Lipinski definition) is 2. The lowest BCUT2D eigenvalue weighted by atomic mass is 9.87. The second-order valence-electron chi connectivity index (χ2n) is 8.96. The third kappa shape index (κ3) is 3.33. The molecule has 4 aromatic rings. The third-order valence-electron chi connectivity index (χ3n) is 6.87. The number of pyridine rings is 2. The molecule has 0 radical (unpaired) electrons. The first-order chi connectivity index (χ1) is 15.3. The summed E-state index contributed by atoms with van der Waals surface area (Å²) in [5.74, 6) is 2.18. The highest BCUT2D eigenvalue weighted by Gasteiger charge is 2.24. The van der Waals surface area contributed by atoms with Gasteiger partial charge in [0.1, 0.15) is 11.5 Å². The molecule has 31 heavy (non-hydrogen) atoms. The molecule has 0 unspecified atom stereocenters. The fourth-order valence-corrected chi connectivity index (χ4v) is 5.12. The SMILES string of the molecule is CC1CCC(n2c3cnccc3c3cnc(Nc4ccc5c(n4)CNCC5)nc32)CC1. The highest BCUT2D eigenvalue weighted by atomic mass is 15.2. The molecular weight excluding hydrogens is 386 g/mol. The van der Waals surface area contributed by atoms with E-state index in [4.69, 9.17) is 9.97 Å². The summed E-state index contributed by atoms with van der Waals surface area (Å²) < 4.78 is 2.40. The summed E-state index contributed by atoms with van der Waals surface area (Å²) in [6.45, 7) is 4.18. The zero-order valence-electron chi connectivity index (χ0n) is 17.8. The number of rotatable bonds is 3. The quantitative estimate of drug-likeness (QED) is 0.514. The molecule has 6 rings (SSSR count). The van der Waals surface area contributed by atoms with E-state index < -0.39 is 0 Å². The minimum atomic E-state index is 0.455. The van der Waals surface area contributed by atoms with Crippen LogP contribution in [0.1, 0.15) is 49.9 Å². The maximum Gasteiger partial charge on any atom is 0.230 e. The summed E-state index contributed by atoms with van der Waals surface area (Å²) in [5, 5.41) is 8.99. The van der Waals surface area contributed by atoms with E-state index in [0.717, 1.165) is 53.5 Å². The van der Waals surface area contributed by atoms with E-state index in [-0.39, 0.29) is 0 Å². The molecule has 1 fully saturated rings. The van der Waals surface area contributed by atoms with Crippen molar-refractivity contribution in [2.75, 3.05) is 11.9 Å². The van der Waals surface area contributed by atoms with Crippen molar-refractivity contribution in [3.05, 3.63) is 48.0 Å². The van der Waals surface area contributed by atoms with Crippen molar-refractivity contribution in [1.82, 2.24) is 29.8 Å². The molecule has 0 amide bonds. The predicted molar refractivity (Wildman–Crippen MR) is 122 cm³/mol. The Balaban J connectivity index is 1.41. The lowest BCUT2D eigenvalue weighted by Gasteiger charge is -2.28. The van der Waals surface area contributed by atoms with Gasteiger partial charge >= 0.3 is 0 Å². The van der Waals surface area contributed by atoms with Gasteiger partial charge in [-0.15, -0.1) is 0 Å². The monoisotopic (exact) mass is 413 g/mol. The van der Waals surface area contributed by atoms with Crippen molar-refractivity contribution in [3.8, 4) is 0 Å². The number of hydrogen-bond acceptors (Lipinski definition) is 6. The summed E-state index contributed by atoms with van der Waals surface area (Å²) in [5.41, 5.74) is 4.56. The molecular formula is C24H27N7. The molecule has 5 heterocycles. The van der Waals surface area contributed by atoms with Crippen molar-refractivity contribution in [1.29, 1.82) is 0 Å². The molecule has 4 aromatic heterocycles. The Kier molecular flexibility index (Phi) is 4.56. The Morgan fingerprint density at radius 1 is 1.03 bits per heavy atom. The second-order valence-corrected chi connectivity index (χ2v) is 8.96. The van der Waals surface area contributed by atoms with Crippen LogP contribution in [0.25, 0.3) is 21.9 Å². The van der Waals surface area contributed by atoms with Gasteiger partial charge in [0.2, 0.25) is 5.95 Å². The number of anilines is 2. The standard InChI is InChI=1S/C24H27N7/c1-15-2-5-17(6-3-15)31-21-14-26-11-9-18(21)19-12-27-24(30-23(19)31)29-22-7-4-16-8-10-25-13-20(16)28-22/h4,7,9,11-12,14-15,17,25H,2-3,5-6,8,10,13H2,1H3,(H,27,28,29,30). The fourth-order valence-electron chi connectivity index (χ4n) is 5.12. The van der Waals surface area contributed by atoms with Crippen molar-refractivity contribution in [2.24, 2.45) is 5.92 Å². The third-order valence-corrected chi connectivity index (χ3v) is 6.87. The smallest absolute Gasteiger partial charge is 0.230 e. The first-order valence-corrected chi connectivity index (χ1v) is 11.3. The van der Waals surface area contributed by atoms with Crippen molar-refractivity contribution < 1.29 is 0 Å². The number of nitrogens with zero attached hydrogens (tertiary/aromatic N) is 5. The highest BCUT2D eigenvalue weighted by molar-refractivity contribution is 6.06. The number of fused-ring (bicyclic) bond motifs is 4. The van der Waals surface area contributed by atoms with E-state index in [0.29, 0.717) is 12.0 Å². The molecule has 1 saturated carbocycles. The molecule has 2 aliphatic rings. The first-order valence-electron chi connectivity index (χ1n) is 11.3. The zero-order chi connectivity index (χ0) is 20.8. The molecule has 7 nitrogen and oxygen atoms in total. The molecule has 0 atom stereocenters. The maximum absolute atomic E-state index is 4.97. The van der Waals surface area contributed by atoms with Crippen LogP contribution in [-0.2, 0) is 13.0 Å². The average Bonchev–Trinajstić information content (AvgIpc) is 3.13. The van der Waals surface area contributed by atoms with Gasteiger partial charge in [-0.05, 0) is 62.3 Å². The number of aromatic nitrogens is 5. The first kappa shape index (κ1) is 18.7. The van der Waals surface area contributed by atoms with Gasteiger partial charge < -0.3 is 15.2 Å². The average molecular weight is 414 g/mol. The van der Waals surface area contributed by atoms with Gasteiger partial charge in [-0.2, -0.15) is 4.98 Å². The van der Waals surface area contributed by atoms with Crippen LogP contribution in [0.2, 0.25) is 0 Å². The maximum atomic E-state index is 4.97. The predicted octanol–water partition coefficient (Wildman–Crippen LogP) is 4.52. The van der Waals surface area contributed by atoms with Gasteiger partial charge in [-0.25, -0.2) is 9.97 Å². The lowest BCUT2D eigenvalue weighted by molar-refractivity contribution is 0.298. The van der Waals surface area contributed by atoms with Crippen LogP contribution in [0.4, 0.5) is 11.8 Å². The molecule has 0 spiro atoms. The van der Waals surface area contributed by atoms with Crippen LogP contribution in [-0.4, -0.2) is 31.0 Å². The van der Waals surface area contributed by atoms with E-state index in [2.05, 4.69) is 44.2 Å². The topological polar surface area (TPSA) is 80.5 Å². The van der Waals surface area contributed by atoms with Crippen LogP contribution in [0.15, 0.2) is 36.8 Å². The summed E-state index contributed by atoms with van der Waals surface area (Å²) in [4.78, 5) is 18.8. The molecule has 1 aliphatic carbocycles. The van der Waals surface area contributed by atoms with Crippen molar-refractivity contribution in [2.45, 2.75) is 51.6 Å². The van der Waals surface area contributed by atoms with Crippen LogP contribution >= 0.6 is 0 Å². The van der Waals surface area contributed by atoms with Crippen LogP contribution in [0.3, 0.4) is 0 Å². The van der Waals surface area contributed by atoms with Gasteiger partial charge in [0.05, 0.1) is 17.4 Å². The molecule has 0 bridgehead atoms. The lowest BCUT2D eigenvalue weighted by Crippen LogP contribution is -2.24. The second kappa shape index (κ2) is 7.57. The number of nitrogens with one attached hydrogen (secondary N) is 2. The van der Waals surface area contributed by atoms with E-state index in [1.54, 1.807) is 0 Å². The fraction of sp³-hybridized carbons (Fsp3) is 0.417. The summed E-state index contributed by atoms with van der Waals surface area (Å²) in [6.07, 6.45) is 11.7. The van der Waals surface area contributed by atoms with Crippen molar-refractivity contribution >= 4 is 33.7 Å². The minimum absolute atomic E-state index is 0.455. The van der Waals surface area contributed by atoms with Crippen LogP contribution in [0, 0.1) is 5.92 Å². The van der Waals surface area contributed by atoms with E-state index in [1.165, 1.54) is 36.6 Å². The van der Waals surface area contributed by atoms with Gasteiger partial charge in [-0.3, -0.25) is 4.98 Å². The molecule has 7 heteroatoms. The van der Waals surface area contributed by atoms with Gasteiger partial charge in [-0.1, -0.05) is 13.0 Å². The molecule has 1 aliphatic heterocycles. The van der Waals surface area contributed by atoms with Gasteiger partial charge in [0.15, 0.2) is 0 Å². The summed E-state index contributed by atoms with van der Waals surface area (Å²) in [7, 11) is 0. The largest absolute Gasteiger partial charge is 0.321 e. The van der Waals surface area contributed by atoms with E-state index in [1.807, 2.05) is 24.7 Å². The summed E-state index contributed by atoms with van der Waals surface area (Å²) >= 11 is 0. The zero-order valence-corrected chi connectivity index (χ0v) is 17.8. The minimum Gasteiger partial charge on any atom is -0.321 e. The Morgan fingerprint density at radius 2 is 1.94 bits per heavy atom. The van der Waals surface area contributed by atoms with Crippen molar-refractivity contribution in [3.63, 3.8) is 0 Å². The summed E-state index contributed by atoms with van der Waals surface area (Å²) in [6, 6.07) is 6.72. The Bertz CT molecular complexity index is 1250. The Labute approximate surface area is 181 Å². The molecule has 2 N–H and O–H groups in total. The Morgan fingerprint density at radius 3 is 2.84 bits per heavy atom. The normalized spacial score (nSPS) is 21.3. The Hall–Kier alpha value is -3.06. The van der Waals surface area contributed by atoms with Crippen LogP contribution < -0.4 is 10.6 Å². The molecule has 0 aromatic carbocycles. The molecule has 0 saturated heterocycles. The highest BCUT2D eigenvalue weighted by Crippen LogP contribution is 2.38. The van der Waals surface area contributed by atoms with Gasteiger partial charge in [0.25, 0.3) is 0 Å². The molecule has 158 valence electrons. The van der Waals surface area contributed by atoms with E-state index in [9.17, 15) is 0 Å².